The zero-order chi connectivity index (χ0) is 12.1. The lowest BCUT2D eigenvalue weighted by Gasteiger charge is -2.36. The molecule has 0 saturated carbocycles. The number of thioether (sulfide) groups is 1. The fourth-order valence-electron chi connectivity index (χ4n) is 2.17. The fourth-order valence-corrected chi connectivity index (χ4v) is 3.73. The summed E-state index contributed by atoms with van der Waals surface area (Å²) in [4.78, 5) is 0. The maximum Gasteiger partial charge on any atom is 0.0479 e. The Balaban J connectivity index is 1.87. The molecule has 0 spiro atoms. The van der Waals surface area contributed by atoms with Crippen LogP contribution in [-0.4, -0.2) is 30.8 Å². The molecule has 2 heterocycles. The van der Waals surface area contributed by atoms with Gasteiger partial charge in [0, 0.05) is 30.5 Å². The van der Waals surface area contributed by atoms with Crippen molar-refractivity contribution in [3.05, 3.63) is 22.4 Å². The van der Waals surface area contributed by atoms with E-state index in [9.17, 15) is 0 Å². The summed E-state index contributed by atoms with van der Waals surface area (Å²) in [5.74, 6) is 0. The summed E-state index contributed by atoms with van der Waals surface area (Å²) in [7, 11) is 0. The van der Waals surface area contributed by atoms with E-state index in [1.54, 1.807) is 11.3 Å². The van der Waals surface area contributed by atoms with Gasteiger partial charge in [-0.2, -0.15) is 23.1 Å². The highest BCUT2D eigenvalue weighted by Crippen LogP contribution is 2.33. The zero-order valence-corrected chi connectivity index (χ0v) is 12.2. The Morgan fingerprint density at radius 3 is 2.88 bits per heavy atom. The van der Waals surface area contributed by atoms with E-state index in [0.29, 0.717) is 10.8 Å². The maximum absolute atomic E-state index is 5.47. The number of nitrogens with one attached hydrogen (secondary N) is 1. The monoisotopic (exact) mass is 271 g/mol. The molecule has 1 aliphatic heterocycles. The third-order valence-electron chi connectivity index (χ3n) is 3.61. The average Bonchev–Trinajstić information content (AvgIpc) is 2.91. The van der Waals surface area contributed by atoms with Crippen molar-refractivity contribution in [2.45, 2.75) is 30.6 Å². The minimum absolute atomic E-state index is 0.378. The van der Waals surface area contributed by atoms with Gasteiger partial charge in [0.25, 0.3) is 0 Å². The second kappa shape index (κ2) is 6.23. The first-order valence-corrected chi connectivity index (χ1v) is 8.31. The van der Waals surface area contributed by atoms with Crippen molar-refractivity contribution in [2.75, 3.05) is 26.0 Å². The van der Waals surface area contributed by atoms with Gasteiger partial charge < -0.3 is 10.1 Å². The Morgan fingerprint density at radius 1 is 1.53 bits per heavy atom. The third kappa shape index (κ3) is 3.47. The van der Waals surface area contributed by atoms with E-state index in [-0.39, 0.29) is 0 Å². The predicted molar refractivity (Wildman–Crippen MR) is 77.0 cm³/mol. The number of thiophene rings is 1. The quantitative estimate of drug-likeness (QED) is 0.888. The number of ether oxygens (including phenoxy) is 1. The van der Waals surface area contributed by atoms with Gasteiger partial charge in [-0.1, -0.05) is 0 Å². The Hall–Kier alpha value is -0.0300. The normalized spacial score (nSPS) is 21.3. The predicted octanol–water partition coefficient (Wildman–Crippen LogP) is 3.31. The SMILES string of the molecule is CSC1(CNC(C)c2ccsc2)CCOCC1. The Kier molecular flexibility index (Phi) is 4.91. The first kappa shape index (κ1) is 13.4. The summed E-state index contributed by atoms with van der Waals surface area (Å²) in [6, 6.07) is 2.66. The molecular weight excluding hydrogens is 250 g/mol. The van der Waals surface area contributed by atoms with Gasteiger partial charge in [0.2, 0.25) is 0 Å². The van der Waals surface area contributed by atoms with E-state index in [1.165, 1.54) is 5.56 Å². The van der Waals surface area contributed by atoms with Crippen molar-refractivity contribution in [1.82, 2.24) is 5.32 Å². The molecule has 1 atom stereocenters. The average molecular weight is 271 g/mol. The topological polar surface area (TPSA) is 21.3 Å². The van der Waals surface area contributed by atoms with E-state index in [0.717, 1.165) is 32.6 Å². The fraction of sp³-hybridized carbons (Fsp3) is 0.692. The van der Waals surface area contributed by atoms with Crippen LogP contribution in [0.15, 0.2) is 16.8 Å². The van der Waals surface area contributed by atoms with E-state index in [4.69, 9.17) is 4.74 Å². The number of hydrogen-bond donors (Lipinski definition) is 1. The maximum atomic E-state index is 5.47. The molecule has 17 heavy (non-hydrogen) atoms. The summed E-state index contributed by atoms with van der Waals surface area (Å²) >= 11 is 3.76. The van der Waals surface area contributed by atoms with Crippen LogP contribution in [0.4, 0.5) is 0 Å². The number of hydrogen-bond acceptors (Lipinski definition) is 4. The molecule has 0 aliphatic carbocycles. The molecule has 0 amide bonds. The lowest BCUT2D eigenvalue weighted by molar-refractivity contribution is 0.0766. The minimum atomic E-state index is 0.378. The second-order valence-corrected chi connectivity index (χ2v) is 6.71. The molecule has 2 rings (SSSR count). The van der Waals surface area contributed by atoms with Gasteiger partial charge >= 0.3 is 0 Å². The molecule has 0 radical (unpaired) electrons. The molecule has 1 aromatic heterocycles. The van der Waals surface area contributed by atoms with E-state index >= 15 is 0 Å². The molecular formula is C13H21NOS2. The van der Waals surface area contributed by atoms with Crippen LogP contribution in [-0.2, 0) is 4.74 Å². The zero-order valence-electron chi connectivity index (χ0n) is 10.6. The summed E-state index contributed by atoms with van der Waals surface area (Å²) in [5.41, 5.74) is 1.40. The van der Waals surface area contributed by atoms with Crippen LogP contribution in [0, 0.1) is 0 Å². The van der Waals surface area contributed by atoms with Gasteiger partial charge in [-0.05, 0) is 48.4 Å². The van der Waals surface area contributed by atoms with Crippen LogP contribution >= 0.6 is 23.1 Å². The molecule has 4 heteroatoms. The van der Waals surface area contributed by atoms with Crippen molar-refractivity contribution in [3.8, 4) is 0 Å². The van der Waals surface area contributed by atoms with E-state index in [1.807, 2.05) is 11.8 Å². The first-order chi connectivity index (χ1) is 8.26. The van der Waals surface area contributed by atoms with Gasteiger partial charge in [-0.25, -0.2) is 0 Å². The lowest BCUT2D eigenvalue weighted by atomic mass is 9.98. The standard InChI is InChI=1S/C13H21NOS2/c1-11(12-3-8-17-9-12)14-10-13(16-2)4-6-15-7-5-13/h3,8-9,11,14H,4-7,10H2,1-2H3. The largest absolute Gasteiger partial charge is 0.381 e. The Morgan fingerprint density at radius 2 is 2.29 bits per heavy atom. The van der Waals surface area contributed by atoms with Crippen LogP contribution in [0.25, 0.3) is 0 Å². The number of rotatable bonds is 5. The van der Waals surface area contributed by atoms with Crippen molar-refractivity contribution < 1.29 is 4.74 Å². The second-order valence-electron chi connectivity index (χ2n) is 4.66. The van der Waals surface area contributed by atoms with Gasteiger partial charge in [-0.15, -0.1) is 0 Å². The van der Waals surface area contributed by atoms with E-state index in [2.05, 4.69) is 35.3 Å². The molecule has 0 aromatic carbocycles. The van der Waals surface area contributed by atoms with Crippen LogP contribution in [0.2, 0.25) is 0 Å². The first-order valence-electron chi connectivity index (χ1n) is 6.14. The highest BCUT2D eigenvalue weighted by molar-refractivity contribution is 8.00. The molecule has 1 N–H and O–H groups in total. The van der Waals surface area contributed by atoms with Crippen molar-refractivity contribution >= 4 is 23.1 Å². The van der Waals surface area contributed by atoms with Crippen molar-refractivity contribution in [2.24, 2.45) is 0 Å². The molecule has 1 aliphatic rings. The molecule has 2 nitrogen and oxygen atoms in total. The van der Waals surface area contributed by atoms with Gasteiger partial charge in [0.1, 0.15) is 0 Å². The van der Waals surface area contributed by atoms with Crippen molar-refractivity contribution in [3.63, 3.8) is 0 Å². The third-order valence-corrected chi connectivity index (χ3v) is 5.73. The lowest BCUT2D eigenvalue weighted by Crippen LogP contribution is -2.42. The van der Waals surface area contributed by atoms with Crippen LogP contribution in [0.3, 0.4) is 0 Å². The summed E-state index contributed by atoms with van der Waals surface area (Å²) < 4.78 is 5.84. The molecule has 1 saturated heterocycles. The van der Waals surface area contributed by atoms with Gasteiger partial charge in [-0.3, -0.25) is 0 Å². The van der Waals surface area contributed by atoms with Gasteiger partial charge in [0.15, 0.2) is 0 Å². The van der Waals surface area contributed by atoms with Crippen LogP contribution < -0.4 is 5.32 Å². The van der Waals surface area contributed by atoms with Crippen molar-refractivity contribution in [1.29, 1.82) is 0 Å². The molecule has 1 unspecified atom stereocenters. The molecule has 0 bridgehead atoms. The van der Waals surface area contributed by atoms with Crippen LogP contribution in [0.5, 0.6) is 0 Å². The minimum Gasteiger partial charge on any atom is -0.381 e. The molecule has 1 fully saturated rings. The smallest absolute Gasteiger partial charge is 0.0479 e. The Bertz CT molecular complexity index is 320. The van der Waals surface area contributed by atoms with Gasteiger partial charge in [0.05, 0.1) is 0 Å². The summed E-state index contributed by atoms with van der Waals surface area (Å²) in [6.45, 7) is 5.15. The molecule has 1 aromatic rings. The summed E-state index contributed by atoms with van der Waals surface area (Å²) in [5, 5.41) is 8.05. The Labute approximate surface area is 112 Å². The highest BCUT2D eigenvalue weighted by Gasteiger charge is 2.31. The van der Waals surface area contributed by atoms with Crippen LogP contribution in [0.1, 0.15) is 31.4 Å². The summed E-state index contributed by atoms with van der Waals surface area (Å²) in [6.07, 6.45) is 4.55. The van der Waals surface area contributed by atoms with E-state index < -0.39 is 0 Å². The molecule has 96 valence electrons. The highest BCUT2D eigenvalue weighted by atomic mass is 32.2.